The number of carbonyl (C=O) groups excluding carboxylic acids is 2. The Bertz CT molecular complexity index is 194. The number of hydrogen-bond acceptors (Lipinski definition) is 4. The molecule has 2 N–H and O–H groups in total. The van der Waals surface area contributed by atoms with Gasteiger partial charge in [-0.15, -0.1) is 0 Å². The third-order valence-corrected chi connectivity index (χ3v) is 1.35. The number of nitrogens with one attached hydrogen (secondary N) is 2. The van der Waals surface area contributed by atoms with Crippen molar-refractivity contribution in [1.82, 2.24) is 10.6 Å². The number of Topliss-reactive ketones (excluding diaryl/α,β-unsaturated/α-hetero) is 1. The van der Waals surface area contributed by atoms with Crippen LogP contribution in [0.25, 0.3) is 0 Å². The van der Waals surface area contributed by atoms with Crippen molar-refractivity contribution in [2.24, 2.45) is 0 Å². The van der Waals surface area contributed by atoms with Crippen LogP contribution >= 0.6 is 0 Å². The highest BCUT2D eigenvalue weighted by molar-refractivity contribution is 5.78. The van der Waals surface area contributed by atoms with Crippen molar-refractivity contribution in [2.45, 2.75) is 40.7 Å². The molecular formula is C11H24N2O3. The van der Waals surface area contributed by atoms with Gasteiger partial charge in [-0.1, -0.05) is 27.7 Å². The van der Waals surface area contributed by atoms with Crippen LogP contribution in [0, 0.1) is 0 Å². The van der Waals surface area contributed by atoms with Gasteiger partial charge in [-0.05, 0) is 6.92 Å². The lowest BCUT2D eigenvalue weighted by Crippen LogP contribution is -2.38. The topological polar surface area (TPSA) is 67.4 Å². The second-order valence-electron chi connectivity index (χ2n) is 3.33. The smallest absolute Gasteiger partial charge is 0.235 e. The van der Waals surface area contributed by atoms with Gasteiger partial charge in [-0.25, -0.2) is 0 Å². The van der Waals surface area contributed by atoms with E-state index in [9.17, 15) is 9.59 Å². The van der Waals surface area contributed by atoms with Crippen molar-refractivity contribution in [3.8, 4) is 0 Å². The Morgan fingerprint density at radius 2 is 1.81 bits per heavy atom. The van der Waals surface area contributed by atoms with Crippen LogP contribution in [0.4, 0.5) is 0 Å². The molecule has 96 valence electrons. The lowest BCUT2D eigenvalue weighted by Gasteiger charge is -2.08. The Balaban J connectivity index is 0. The van der Waals surface area contributed by atoms with Crippen molar-refractivity contribution in [3.63, 3.8) is 0 Å². The fraction of sp³-hybridized carbons (Fsp3) is 0.818. The predicted octanol–water partition coefficient (Wildman–Crippen LogP) is 0.690. The molecule has 1 amide bonds. The van der Waals surface area contributed by atoms with E-state index in [0.29, 0.717) is 0 Å². The normalized spacial score (nSPS) is 9.38. The number of amides is 1. The Morgan fingerprint density at radius 3 is 2.25 bits per heavy atom. The quantitative estimate of drug-likeness (QED) is 0.500. The van der Waals surface area contributed by atoms with Crippen molar-refractivity contribution in [1.29, 1.82) is 0 Å². The fourth-order valence-electron chi connectivity index (χ4n) is 0.686. The standard InChI is InChI=1S/C9H18N2O3.C2H6/c1-7(2)10-4-9(13)11-6-14-5-8(3)12;1-2/h7,10H,4-6H2,1-3H3,(H,11,13);1-2H3. The Kier molecular flexibility index (Phi) is 13.2. The van der Waals surface area contributed by atoms with Gasteiger partial charge in [0.2, 0.25) is 5.91 Å². The van der Waals surface area contributed by atoms with Crippen LogP contribution in [0.1, 0.15) is 34.6 Å². The summed E-state index contributed by atoms with van der Waals surface area (Å²) >= 11 is 0. The molecule has 0 rings (SSSR count). The fourth-order valence-corrected chi connectivity index (χ4v) is 0.686. The second-order valence-corrected chi connectivity index (χ2v) is 3.33. The van der Waals surface area contributed by atoms with E-state index in [1.165, 1.54) is 6.92 Å². The Hall–Kier alpha value is -0.940. The monoisotopic (exact) mass is 232 g/mol. The average molecular weight is 232 g/mol. The van der Waals surface area contributed by atoms with Crippen LogP contribution in [0.3, 0.4) is 0 Å². The van der Waals surface area contributed by atoms with E-state index in [2.05, 4.69) is 10.6 Å². The van der Waals surface area contributed by atoms with Crippen molar-refractivity contribution in [3.05, 3.63) is 0 Å². The molecule has 0 atom stereocenters. The average Bonchev–Trinajstić information content (AvgIpc) is 2.24. The molecule has 0 spiro atoms. The summed E-state index contributed by atoms with van der Waals surface area (Å²) in [7, 11) is 0. The summed E-state index contributed by atoms with van der Waals surface area (Å²) in [4.78, 5) is 21.5. The first-order valence-corrected chi connectivity index (χ1v) is 5.59. The molecule has 0 fully saturated rings. The van der Waals surface area contributed by atoms with Crippen LogP contribution in [-0.4, -0.2) is 37.6 Å². The molecule has 0 unspecified atom stereocenters. The van der Waals surface area contributed by atoms with Gasteiger partial charge in [-0.3, -0.25) is 9.59 Å². The van der Waals surface area contributed by atoms with Crippen LogP contribution < -0.4 is 10.6 Å². The van der Waals surface area contributed by atoms with Gasteiger partial charge >= 0.3 is 0 Å². The maximum absolute atomic E-state index is 11.1. The molecule has 0 aromatic rings. The number of carbonyl (C=O) groups is 2. The lowest BCUT2D eigenvalue weighted by atomic mass is 10.4. The van der Waals surface area contributed by atoms with Gasteiger partial charge in [0.05, 0.1) is 6.54 Å². The van der Waals surface area contributed by atoms with E-state index < -0.39 is 0 Å². The second kappa shape index (κ2) is 12.1. The molecule has 5 nitrogen and oxygen atoms in total. The van der Waals surface area contributed by atoms with Gasteiger partial charge in [0.15, 0.2) is 5.78 Å². The van der Waals surface area contributed by atoms with E-state index in [4.69, 9.17) is 4.74 Å². The maximum atomic E-state index is 11.1. The Morgan fingerprint density at radius 1 is 1.25 bits per heavy atom. The molecule has 0 aliphatic carbocycles. The summed E-state index contributed by atoms with van der Waals surface area (Å²) in [6, 6.07) is 0.277. The largest absolute Gasteiger partial charge is 0.354 e. The first-order valence-electron chi connectivity index (χ1n) is 5.59. The van der Waals surface area contributed by atoms with Crippen molar-refractivity contribution >= 4 is 11.7 Å². The van der Waals surface area contributed by atoms with Crippen molar-refractivity contribution < 1.29 is 14.3 Å². The molecule has 0 bridgehead atoms. The summed E-state index contributed by atoms with van der Waals surface area (Å²) in [6.07, 6.45) is 0. The Labute approximate surface area is 97.9 Å². The van der Waals surface area contributed by atoms with Crippen molar-refractivity contribution in [2.75, 3.05) is 19.9 Å². The zero-order valence-electron chi connectivity index (χ0n) is 10.9. The summed E-state index contributed by atoms with van der Waals surface area (Å²) in [6.45, 7) is 9.73. The van der Waals surface area contributed by atoms with E-state index in [0.717, 1.165) is 0 Å². The molecule has 0 saturated heterocycles. The number of ketones is 1. The molecule has 0 aliphatic heterocycles. The highest BCUT2D eigenvalue weighted by Crippen LogP contribution is 1.76. The highest BCUT2D eigenvalue weighted by Gasteiger charge is 2.01. The van der Waals surface area contributed by atoms with Gasteiger partial charge in [0.1, 0.15) is 13.3 Å². The van der Waals surface area contributed by atoms with Gasteiger partial charge in [-0.2, -0.15) is 0 Å². The first kappa shape index (κ1) is 17.5. The molecular weight excluding hydrogens is 208 g/mol. The SMILES string of the molecule is CC.CC(=O)COCNC(=O)CNC(C)C. The van der Waals surface area contributed by atoms with E-state index >= 15 is 0 Å². The molecule has 0 saturated carbocycles. The third-order valence-electron chi connectivity index (χ3n) is 1.35. The van der Waals surface area contributed by atoms with Gasteiger partial charge in [0.25, 0.3) is 0 Å². The van der Waals surface area contributed by atoms with E-state index in [1.54, 1.807) is 0 Å². The minimum Gasteiger partial charge on any atom is -0.354 e. The summed E-state index contributed by atoms with van der Waals surface area (Å²) in [5, 5.41) is 5.48. The summed E-state index contributed by atoms with van der Waals surface area (Å²) < 4.78 is 4.86. The maximum Gasteiger partial charge on any atom is 0.235 e. The number of ether oxygens (including phenoxy) is 1. The summed E-state index contributed by atoms with van der Waals surface area (Å²) in [5.74, 6) is -0.193. The van der Waals surface area contributed by atoms with Crippen LogP contribution in [0.2, 0.25) is 0 Å². The minimum absolute atomic E-state index is 0.0396. The molecule has 0 aliphatic rings. The molecule has 0 aromatic heterocycles. The molecule has 0 heterocycles. The zero-order chi connectivity index (χ0) is 13.0. The lowest BCUT2D eigenvalue weighted by molar-refractivity contribution is -0.126. The van der Waals surface area contributed by atoms with Crippen LogP contribution in [-0.2, 0) is 14.3 Å². The zero-order valence-corrected chi connectivity index (χ0v) is 10.9. The van der Waals surface area contributed by atoms with E-state index in [1.807, 2.05) is 27.7 Å². The van der Waals surface area contributed by atoms with Crippen LogP contribution in [0.5, 0.6) is 0 Å². The van der Waals surface area contributed by atoms with Gasteiger partial charge in [0, 0.05) is 6.04 Å². The number of rotatable bonds is 7. The molecule has 0 radical (unpaired) electrons. The molecule has 0 aromatic carbocycles. The minimum atomic E-state index is -0.137. The third kappa shape index (κ3) is 15.5. The summed E-state index contributed by atoms with van der Waals surface area (Å²) in [5.41, 5.74) is 0. The van der Waals surface area contributed by atoms with E-state index in [-0.39, 0.29) is 37.6 Å². The molecule has 16 heavy (non-hydrogen) atoms. The van der Waals surface area contributed by atoms with Crippen LogP contribution in [0.15, 0.2) is 0 Å². The first-order chi connectivity index (χ1) is 7.52. The highest BCUT2D eigenvalue weighted by atomic mass is 16.5. The van der Waals surface area contributed by atoms with Gasteiger partial charge < -0.3 is 15.4 Å². The number of hydrogen-bond donors (Lipinski definition) is 2. The predicted molar refractivity (Wildman–Crippen MR) is 64.1 cm³/mol. The molecule has 5 heteroatoms.